The van der Waals surface area contributed by atoms with Crippen LogP contribution in [0.15, 0.2) is 30.3 Å². The lowest BCUT2D eigenvalue weighted by molar-refractivity contribution is -0.114. The van der Waals surface area contributed by atoms with Crippen LogP contribution in [0.5, 0.6) is 11.8 Å². The molecule has 20 heavy (non-hydrogen) atoms. The van der Waals surface area contributed by atoms with E-state index in [1.165, 1.54) is 21.1 Å². The molecule has 0 atom stereocenters. The molecule has 104 valence electrons. The molecular weight excluding hydrogens is 258 g/mol. The van der Waals surface area contributed by atoms with Gasteiger partial charge < -0.3 is 14.8 Å². The molecule has 0 fully saturated rings. The Kier molecular flexibility index (Phi) is 4.14. The van der Waals surface area contributed by atoms with Gasteiger partial charge in [-0.25, -0.2) is 0 Å². The van der Waals surface area contributed by atoms with Crippen LogP contribution < -0.4 is 14.8 Å². The van der Waals surface area contributed by atoms with E-state index in [0.717, 1.165) is 5.56 Å². The first kappa shape index (κ1) is 13.8. The summed E-state index contributed by atoms with van der Waals surface area (Å²) in [6, 6.07) is 8.84. The van der Waals surface area contributed by atoms with Gasteiger partial charge in [-0.15, -0.1) is 0 Å². The maximum Gasteiger partial charge on any atom is 0.221 e. The van der Waals surface area contributed by atoms with Crippen LogP contribution in [0.3, 0.4) is 0 Å². The number of hydrogen-bond acceptors (Lipinski definition) is 5. The van der Waals surface area contributed by atoms with Gasteiger partial charge in [0.1, 0.15) is 0 Å². The molecule has 0 aliphatic carbocycles. The number of carbonyl (C=O) groups is 1. The van der Waals surface area contributed by atoms with Crippen molar-refractivity contribution in [2.45, 2.75) is 6.92 Å². The SMILES string of the molecule is COc1cc(OC)nc(-c2cccc(NC(C)=O)c2)n1. The van der Waals surface area contributed by atoms with E-state index in [4.69, 9.17) is 9.47 Å². The summed E-state index contributed by atoms with van der Waals surface area (Å²) in [6.45, 7) is 1.46. The second kappa shape index (κ2) is 6.01. The van der Waals surface area contributed by atoms with Crippen molar-refractivity contribution in [3.63, 3.8) is 0 Å². The third kappa shape index (κ3) is 3.23. The predicted molar refractivity (Wildman–Crippen MR) is 74.9 cm³/mol. The maximum absolute atomic E-state index is 11.1. The van der Waals surface area contributed by atoms with Crippen LogP contribution in [0.1, 0.15) is 6.92 Å². The van der Waals surface area contributed by atoms with Crippen LogP contribution in [0.4, 0.5) is 5.69 Å². The van der Waals surface area contributed by atoms with Gasteiger partial charge in [0.25, 0.3) is 0 Å². The highest BCUT2D eigenvalue weighted by Crippen LogP contribution is 2.24. The number of nitrogens with zero attached hydrogens (tertiary/aromatic N) is 2. The number of benzene rings is 1. The van der Waals surface area contributed by atoms with Crippen LogP contribution in [0.2, 0.25) is 0 Å². The van der Waals surface area contributed by atoms with Crippen LogP contribution in [0.25, 0.3) is 11.4 Å². The Balaban J connectivity index is 2.42. The van der Waals surface area contributed by atoms with Crippen LogP contribution >= 0.6 is 0 Å². The first-order chi connectivity index (χ1) is 9.62. The van der Waals surface area contributed by atoms with Crippen molar-refractivity contribution in [2.75, 3.05) is 19.5 Å². The van der Waals surface area contributed by atoms with E-state index in [1.807, 2.05) is 12.1 Å². The number of hydrogen-bond donors (Lipinski definition) is 1. The van der Waals surface area contributed by atoms with E-state index in [9.17, 15) is 4.79 Å². The number of ether oxygens (including phenoxy) is 2. The molecule has 6 heteroatoms. The summed E-state index contributed by atoms with van der Waals surface area (Å²) in [5, 5.41) is 2.72. The number of anilines is 1. The van der Waals surface area contributed by atoms with E-state index in [1.54, 1.807) is 18.2 Å². The fourth-order valence-corrected chi connectivity index (χ4v) is 1.68. The van der Waals surface area contributed by atoms with Gasteiger partial charge >= 0.3 is 0 Å². The van der Waals surface area contributed by atoms with E-state index < -0.39 is 0 Å². The second-order valence-corrected chi connectivity index (χ2v) is 4.04. The summed E-state index contributed by atoms with van der Waals surface area (Å²) < 4.78 is 10.2. The normalized spacial score (nSPS) is 9.95. The fourth-order valence-electron chi connectivity index (χ4n) is 1.68. The fraction of sp³-hybridized carbons (Fsp3) is 0.214. The van der Waals surface area contributed by atoms with Crippen molar-refractivity contribution in [2.24, 2.45) is 0 Å². The third-order valence-corrected chi connectivity index (χ3v) is 2.54. The second-order valence-electron chi connectivity index (χ2n) is 4.04. The van der Waals surface area contributed by atoms with Gasteiger partial charge in [0.05, 0.1) is 20.3 Å². The first-order valence-corrected chi connectivity index (χ1v) is 5.97. The molecule has 0 saturated heterocycles. The van der Waals surface area contributed by atoms with E-state index in [0.29, 0.717) is 23.3 Å². The summed E-state index contributed by atoms with van der Waals surface area (Å²) in [5.74, 6) is 1.16. The standard InChI is InChI=1S/C14H15N3O3/c1-9(18)15-11-6-4-5-10(7-11)14-16-12(19-2)8-13(17-14)20-3/h4-8H,1-3H3,(H,15,18). The monoisotopic (exact) mass is 273 g/mol. The molecule has 0 aliphatic heterocycles. The molecule has 0 radical (unpaired) electrons. The summed E-state index contributed by atoms with van der Waals surface area (Å²) in [7, 11) is 3.05. The Bertz CT molecular complexity index is 607. The minimum Gasteiger partial charge on any atom is -0.481 e. The Morgan fingerprint density at radius 3 is 2.30 bits per heavy atom. The van der Waals surface area contributed by atoms with Crippen molar-refractivity contribution in [3.05, 3.63) is 30.3 Å². The number of nitrogens with one attached hydrogen (secondary N) is 1. The van der Waals surface area contributed by atoms with E-state index in [-0.39, 0.29) is 5.91 Å². The molecule has 0 spiro atoms. The van der Waals surface area contributed by atoms with Crippen molar-refractivity contribution < 1.29 is 14.3 Å². The number of carbonyl (C=O) groups excluding carboxylic acids is 1. The minimum absolute atomic E-state index is 0.133. The highest BCUT2D eigenvalue weighted by Gasteiger charge is 2.08. The molecule has 1 heterocycles. The minimum atomic E-state index is -0.133. The molecule has 0 saturated carbocycles. The first-order valence-electron chi connectivity index (χ1n) is 5.97. The lowest BCUT2D eigenvalue weighted by Gasteiger charge is -2.08. The Hall–Kier alpha value is -2.63. The number of methoxy groups -OCH3 is 2. The molecular formula is C14H15N3O3. The highest BCUT2D eigenvalue weighted by molar-refractivity contribution is 5.89. The van der Waals surface area contributed by atoms with Gasteiger partial charge in [-0.3, -0.25) is 4.79 Å². The largest absolute Gasteiger partial charge is 0.481 e. The lowest BCUT2D eigenvalue weighted by Crippen LogP contribution is -2.05. The topological polar surface area (TPSA) is 73.3 Å². The lowest BCUT2D eigenvalue weighted by atomic mass is 10.2. The molecule has 0 aliphatic rings. The molecule has 1 aromatic heterocycles. The zero-order valence-corrected chi connectivity index (χ0v) is 11.5. The number of rotatable bonds is 4. The molecule has 0 unspecified atom stereocenters. The summed E-state index contributed by atoms with van der Waals surface area (Å²) >= 11 is 0. The predicted octanol–water partition coefficient (Wildman–Crippen LogP) is 2.12. The average Bonchev–Trinajstić information content (AvgIpc) is 2.46. The van der Waals surface area contributed by atoms with Crippen LogP contribution in [0, 0.1) is 0 Å². The number of amides is 1. The van der Waals surface area contributed by atoms with Crippen molar-refractivity contribution in [1.29, 1.82) is 0 Å². The van der Waals surface area contributed by atoms with Gasteiger partial charge in [0.2, 0.25) is 17.7 Å². The summed E-state index contributed by atoms with van der Waals surface area (Å²) in [4.78, 5) is 19.6. The third-order valence-electron chi connectivity index (χ3n) is 2.54. The Morgan fingerprint density at radius 2 is 1.75 bits per heavy atom. The van der Waals surface area contributed by atoms with E-state index >= 15 is 0 Å². The zero-order valence-electron chi connectivity index (χ0n) is 11.5. The maximum atomic E-state index is 11.1. The van der Waals surface area contributed by atoms with Gasteiger partial charge in [-0.2, -0.15) is 9.97 Å². The molecule has 0 bridgehead atoms. The Labute approximate surface area is 116 Å². The smallest absolute Gasteiger partial charge is 0.221 e. The average molecular weight is 273 g/mol. The quantitative estimate of drug-likeness (QED) is 0.923. The molecule has 2 rings (SSSR count). The highest BCUT2D eigenvalue weighted by atomic mass is 16.5. The molecule has 6 nitrogen and oxygen atoms in total. The van der Waals surface area contributed by atoms with Crippen molar-refractivity contribution in [3.8, 4) is 23.1 Å². The van der Waals surface area contributed by atoms with Gasteiger partial charge in [-0.05, 0) is 12.1 Å². The van der Waals surface area contributed by atoms with Crippen LogP contribution in [-0.2, 0) is 4.79 Å². The number of aromatic nitrogens is 2. The molecule has 2 aromatic rings. The van der Waals surface area contributed by atoms with Gasteiger partial charge in [-0.1, -0.05) is 12.1 Å². The summed E-state index contributed by atoms with van der Waals surface area (Å²) in [6.07, 6.45) is 0. The van der Waals surface area contributed by atoms with Gasteiger partial charge in [0.15, 0.2) is 5.82 Å². The van der Waals surface area contributed by atoms with Gasteiger partial charge in [0, 0.05) is 18.2 Å². The molecule has 1 amide bonds. The molecule has 1 aromatic carbocycles. The zero-order chi connectivity index (χ0) is 14.5. The van der Waals surface area contributed by atoms with E-state index in [2.05, 4.69) is 15.3 Å². The van der Waals surface area contributed by atoms with Crippen molar-refractivity contribution >= 4 is 11.6 Å². The van der Waals surface area contributed by atoms with Crippen molar-refractivity contribution in [1.82, 2.24) is 9.97 Å². The van der Waals surface area contributed by atoms with Crippen LogP contribution in [-0.4, -0.2) is 30.1 Å². The molecule has 1 N–H and O–H groups in total. The Morgan fingerprint density at radius 1 is 1.10 bits per heavy atom. The summed E-state index contributed by atoms with van der Waals surface area (Å²) in [5.41, 5.74) is 1.44.